The van der Waals surface area contributed by atoms with Crippen molar-refractivity contribution in [2.75, 3.05) is 0 Å². The lowest BCUT2D eigenvalue weighted by Gasteiger charge is -2.41. The minimum absolute atomic E-state index is 0.0305. The van der Waals surface area contributed by atoms with Gasteiger partial charge in [0.15, 0.2) is 0 Å². The lowest BCUT2D eigenvalue weighted by atomic mass is 9.63. The number of hydrogen-bond acceptors (Lipinski definition) is 1. The van der Waals surface area contributed by atoms with Crippen LogP contribution in [0, 0.1) is 0 Å². The minimum Gasteiger partial charge on any atom is -0.296 e. The molecule has 2 heterocycles. The summed E-state index contributed by atoms with van der Waals surface area (Å²) < 4.78 is 2.51. The second-order valence-corrected chi connectivity index (χ2v) is 14.0. The van der Waals surface area contributed by atoms with Crippen LogP contribution < -0.4 is 0 Å². The second kappa shape index (κ2) is 6.25. The van der Waals surface area contributed by atoms with Crippen molar-refractivity contribution in [3.8, 4) is 0 Å². The fraction of sp³-hybridized carbons (Fsp3) is 0.531. The SMILES string of the molecule is CC(C)(C)c1cc2cc3c(cc2c2nc4cc5c(cc4n12)C(C)(C)CCC5(C)C)C1CCC3C1. The third-order valence-corrected chi connectivity index (χ3v) is 9.74. The molecule has 0 amide bonds. The Morgan fingerprint density at radius 2 is 1.44 bits per heavy atom. The minimum atomic E-state index is 0.0305. The molecule has 1 fully saturated rings. The Morgan fingerprint density at radius 1 is 0.824 bits per heavy atom. The molecule has 176 valence electrons. The van der Waals surface area contributed by atoms with E-state index in [1.807, 2.05) is 0 Å². The monoisotopic (exact) mass is 450 g/mol. The molecule has 0 N–H and O–H groups in total. The number of rotatable bonds is 0. The summed E-state index contributed by atoms with van der Waals surface area (Å²) in [6.45, 7) is 16.7. The first-order valence-electron chi connectivity index (χ1n) is 13.4. The molecule has 2 bridgehead atoms. The Morgan fingerprint density at radius 3 is 2.09 bits per heavy atom. The fourth-order valence-corrected chi connectivity index (χ4v) is 7.54. The Labute approximate surface area is 203 Å². The van der Waals surface area contributed by atoms with Gasteiger partial charge in [-0.3, -0.25) is 4.40 Å². The van der Waals surface area contributed by atoms with Gasteiger partial charge in [0.2, 0.25) is 0 Å². The van der Waals surface area contributed by atoms with E-state index in [2.05, 4.69) is 83.2 Å². The molecule has 2 atom stereocenters. The number of nitrogens with zero attached hydrogens (tertiary/aromatic N) is 2. The summed E-state index contributed by atoms with van der Waals surface area (Å²) in [7, 11) is 0. The number of hydrogen-bond donors (Lipinski definition) is 0. The number of fused-ring (bicyclic) bond motifs is 11. The molecule has 7 rings (SSSR count). The zero-order valence-corrected chi connectivity index (χ0v) is 22.0. The Balaban J connectivity index is 1.63. The summed E-state index contributed by atoms with van der Waals surface area (Å²) in [5, 5.41) is 2.72. The zero-order valence-electron chi connectivity index (χ0n) is 22.0. The highest BCUT2D eigenvalue weighted by atomic mass is 15.0. The van der Waals surface area contributed by atoms with Crippen LogP contribution >= 0.6 is 0 Å². The molecule has 2 heteroatoms. The average Bonchev–Trinajstić information content (AvgIpc) is 3.47. The van der Waals surface area contributed by atoms with Gasteiger partial charge in [0.05, 0.1) is 11.0 Å². The molecule has 3 aliphatic carbocycles. The van der Waals surface area contributed by atoms with Crippen molar-refractivity contribution in [3.05, 3.63) is 58.3 Å². The van der Waals surface area contributed by atoms with Gasteiger partial charge in [0.1, 0.15) is 5.65 Å². The van der Waals surface area contributed by atoms with Gasteiger partial charge < -0.3 is 0 Å². The molecule has 2 aromatic heterocycles. The van der Waals surface area contributed by atoms with Crippen molar-refractivity contribution in [2.24, 2.45) is 0 Å². The van der Waals surface area contributed by atoms with Crippen molar-refractivity contribution in [1.82, 2.24) is 9.38 Å². The molecule has 0 aliphatic heterocycles. The molecule has 1 saturated carbocycles. The molecule has 4 aromatic rings. The van der Waals surface area contributed by atoms with Crippen molar-refractivity contribution in [3.63, 3.8) is 0 Å². The molecular weight excluding hydrogens is 412 g/mol. The largest absolute Gasteiger partial charge is 0.296 e. The number of aromatic nitrogens is 2. The van der Waals surface area contributed by atoms with Crippen LogP contribution in [0.25, 0.3) is 27.5 Å². The van der Waals surface area contributed by atoms with Gasteiger partial charge in [-0.15, -0.1) is 0 Å². The smallest absolute Gasteiger partial charge is 0.146 e. The molecular formula is C32H38N2. The summed E-state index contributed by atoms with van der Waals surface area (Å²) in [5.41, 5.74) is 11.6. The first-order chi connectivity index (χ1) is 15.9. The molecule has 0 radical (unpaired) electrons. The number of imidazole rings is 1. The Hall–Kier alpha value is -2.35. The van der Waals surface area contributed by atoms with Gasteiger partial charge in [-0.2, -0.15) is 0 Å². The Kier molecular flexibility index (Phi) is 3.86. The first-order valence-corrected chi connectivity index (χ1v) is 13.4. The molecule has 2 nitrogen and oxygen atoms in total. The maximum atomic E-state index is 5.39. The lowest BCUT2D eigenvalue weighted by Crippen LogP contribution is -2.33. The van der Waals surface area contributed by atoms with Crippen LogP contribution in [0.5, 0.6) is 0 Å². The van der Waals surface area contributed by atoms with Crippen LogP contribution in [0.2, 0.25) is 0 Å². The van der Waals surface area contributed by atoms with Crippen molar-refractivity contribution in [1.29, 1.82) is 0 Å². The van der Waals surface area contributed by atoms with E-state index < -0.39 is 0 Å². The average molecular weight is 451 g/mol. The highest BCUT2D eigenvalue weighted by molar-refractivity contribution is 6.00. The van der Waals surface area contributed by atoms with E-state index in [4.69, 9.17) is 4.98 Å². The van der Waals surface area contributed by atoms with Crippen LogP contribution in [-0.2, 0) is 16.2 Å². The quantitative estimate of drug-likeness (QED) is 0.262. The van der Waals surface area contributed by atoms with Crippen LogP contribution in [0.3, 0.4) is 0 Å². The standard InChI is InChI=1S/C32H38N2/c1-30(2,3)28-14-20-13-21-18-8-9-19(12-18)22(21)15-23(20)29-33-26-16-24-25(17-27(26)34(28)29)32(6,7)11-10-31(24,4)5/h13-19H,8-12H2,1-7H3. The lowest BCUT2D eigenvalue weighted by molar-refractivity contribution is 0.332. The highest BCUT2D eigenvalue weighted by Gasteiger charge is 2.39. The first kappa shape index (κ1) is 21.0. The van der Waals surface area contributed by atoms with Crippen LogP contribution in [0.4, 0.5) is 0 Å². The van der Waals surface area contributed by atoms with E-state index in [-0.39, 0.29) is 16.2 Å². The van der Waals surface area contributed by atoms with Crippen LogP contribution in [-0.4, -0.2) is 9.38 Å². The molecule has 0 spiro atoms. The van der Waals surface area contributed by atoms with E-state index in [0.29, 0.717) is 0 Å². The van der Waals surface area contributed by atoms with E-state index >= 15 is 0 Å². The summed E-state index contributed by atoms with van der Waals surface area (Å²) in [6.07, 6.45) is 6.58. The third-order valence-electron chi connectivity index (χ3n) is 9.74. The Bertz CT molecular complexity index is 1520. The summed E-state index contributed by atoms with van der Waals surface area (Å²) in [6, 6.07) is 12.5. The van der Waals surface area contributed by atoms with Gasteiger partial charge in [0, 0.05) is 16.5 Å². The molecule has 2 unspecified atom stereocenters. The van der Waals surface area contributed by atoms with Gasteiger partial charge in [-0.25, -0.2) is 4.98 Å². The van der Waals surface area contributed by atoms with Crippen molar-refractivity contribution < 1.29 is 0 Å². The fourth-order valence-electron chi connectivity index (χ4n) is 7.54. The van der Waals surface area contributed by atoms with E-state index in [0.717, 1.165) is 23.0 Å². The maximum absolute atomic E-state index is 5.39. The van der Waals surface area contributed by atoms with E-state index in [9.17, 15) is 0 Å². The highest BCUT2D eigenvalue weighted by Crippen LogP contribution is 2.54. The molecule has 0 saturated heterocycles. The normalized spacial score (nSPS) is 24.8. The predicted octanol–water partition coefficient (Wildman–Crippen LogP) is 8.65. The number of pyridine rings is 1. The summed E-state index contributed by atoms with van der Waals surface area (Å²) in [4.78, 5) is 5.39. The van der Waals surface area contributed by atoms with E-state index in [1.165, 1.54) is 65.2 Å². The summed E-state index contributed by atoms with van der Waals surface area (Å²) >= 11 is 0. The summed E-state index contributed by atoms with van der Waals surface area (Å²) in [5.74, 6) is 1.55. The molecule has 3 aliphatic rings. The zero-order chi connectivity index (χ0) is 23.8. The van der Waals surface area contributed by atoms with Crippen LogP contribution in [0.15, 0.2) is 30.3 Å². The van der Waals surface area contributed by atoms with Crippen molar-refractivity contribution in [2.45, 2.75) is 109 Å². The number of benzene rings is 2. The topological polar surface area (TPSA) is 17.3 Å². The van der Waals surface area contributed by atoms with E-state index in [1.54, 1.807) is 11.1 Å². The second-order valence-electron chi connectivity index (χ2n) is 14.0. The van der Waals surface area contributed by atoms with Gasteiger partial charge in [0.25, 0.3) is 0 Å². The van der Waals surface area contributed by atoms with Gasteiger partial charge >= 0.3 is 0 Å². The predicted molar refractivity (Wildman–Crippen MR) is 144 cm³/mol. The molecule has 2 aromatic carbocycles. The third kappa shape index (κ3) is 2.66. The molecule has 34 heavy (non-hydrogen) atoms. The van der Waals surface area contributed by atoms with Crippen molar-refractivity contribution >= 4 is 27.5 Å². The van der Waals surface area contributed by atoms with Gasteiger partial charge in [-0.1, -0.05) is 54.5 Å². The van der Waals surface area contributed by atoms with Crippen LogP contribution in [0.1, 0.15) is 120 Å². The maximum Gasteiger partial charge on any atom is 0.146 e. The van der Waals surface area contributed by atoms with Gasteiger partial charge in [-0.05, 0) is 107 Å².